The van der Waals surface area contributed by atoms with Gasteiger partial charge in [-0.1, -0.05) is 43.3 Å². The lowest BCUT2D eigenvalue weighted by Gasteiger charge is -2.36. The van der Waals surface area contributed by atoms with E-state index >= 15 is 0 Å². The van der Waals surface area contributed by atoms with Crippen LogP contribution in [0.4, 0.5) is 16.2 Å². The van der Waals surface area contributed by atoms with Gasteiger partial charge in [0.05, 0.1) is 36.1 Å². The van der Waals surface area contributed by atoms with E-state index in [1.165, 1.54) is 0 Å². The van der Waals surface area contributed by atoms with Crippen molar-refractivity contribution in [3.63, 3.8) is 0 Å². The second-order valence-corrected chi connectivity index (χ2v) is 13.2. The zero-order chi connectivity index (χ0) is 34.8. The van der Waals surface area contributed by atoms with Crippen LogP contribution >= 0.6 is 0 Å². The van der Waals surface area contributed by atoms with E-state index in [1.807, 2.05) is 68.4 Å². The standard InChI is InChI=1S/C39H49N5O5/c1-27-23-44(28(2)26-45)38(46)34-22-32(41-39(47)42-35-14-9-12-31-11-5-6-13-33(31)35)15-16-36(34)49-29(3)10-7-8-21-48-37(27)25-43(4)24-30-17-19-40-20-18-30/h5-6,9,11-20,22,27-29,37,45H,7-8,10,21,23-26H2,1-4H3,(H2,41,42,47)/t27-,28+,29+,37+/m1/s1. The summed E-state index contributed by atoms with van der Waals surface area (Å²) < 4.78 is 12.8. The second kappa shape index (κ2) is 17.2. The largest absolute Gasteiger partial charge is 0.490 e. The number of fused-ring (bicyclic) bond motifs is 2. The molecule has 1 aromatic heterocycles. The summed E-state index contributed by atoms with van der Waals surface area (Å²) in [6.45, 7) is 8.12. The van der Waals surface area contributed by atoms with E-state index < -0.39 is 12.1 Å². The third-order valence-electron chi connectivity index (χ3n) is 9.04. The van der Waals surface area contributed by atoms with Gasteiger partial charge in [-0.15, -0.1) is 0 Å². The minimum Gasteiger partial charge on any atom is -0.490 e. The molecule has 3 amide bonds. The summed E-state index contributed by atoms with van der Waals surface area (Å²) in [7, 11) is 2.07. The lowest BCUT2D eigenvalue weighted by atomic mass is 10.0. The third-order valence-corrected chi connectivity index (χ3v) is 9.04. The van der Waals surface area contributed by atoms with Gasteiger partial charge < -0.3 is 30.1 Å². The Kier molecular flexibility index (Phi) is 12.6. The molecule has 3 aromatic carbocycles. The number of nitrogens with one attached hydrogen (secondary N) is 2. The van der Waals surface area contributed by atoms with Gasteiger partial charge in [0, 0.05) is 55.6 Å². The Morgan fingerprint density at radius 1 is 1.04 bits per heavy atom. The van der Waals surface area contributed by atoms with Gasteiger partial charge in [0.1, 0.15) is 5.75 Å². The van der Waals surface area contributed by atoms with Crippen molar-refractivity contribution in [2.45, 2.75) is 64.8 Å². The molecule has 0 radical (unpaired) electrons. The summed E-state index contributed by atoms with van der Waals surface area (Å²) in [5, 5.41) is 18.1. The van der Waals surface area contributed by atoms with Crippen LogP contribution < -0.4 is 15.4 Å². The number of ether oxygens (including phenoxy) is 2. The number of aliphatic hydroxyl groups excluding tert-OH is 1. The quantitative estimate of drug-likeness (QED) is 0.189. The van der Waals surface area contributed by atoms with Gasteiger partial charge in [-0.2, -0.15) is 0 Å². The van der Waals surface area contributed by atoms with Gasteiger partial charge in [-0.25, -0.2) is 4.79 Å². The van der Waals surface area contributed by atoms with Gasteiger partial charge >= 0.3 is 6.03 Å². The molecule has 260 valence electrons. The highest BCUT2D eigenvalue weighted by molar-refractivity contribution is 6.07. The fourth-order valence-electron chi connectivity index (χ4n) is 6.25. The molecule has 10 heteroatoms. The number of rotatable bonds is 8. The predicted octanol–water partition coefficient (Wildman–Crippen LogP) is 6.81. The number of hydrogen-bond donors (Lipinski definition) is 3. The lowest BCUT2D eigenvalue weighted by Crippen LogP contribution is -2.47. The molecule has 4 atom stereocenters. The average Bonchev–Trinajstić information content (AvgIpc) is 3.10. The van der Waals surface area contributed by atoms with Crippen LogP contribution in [-0.4, -0.2) is 83.4 Å². The molecule has 4 aromatic rings. The van der Waals surface area contributed by atoms with Gasteiger partial charge in [-0.05, 0) is 87.5 Å². The van der Waals surface area contributed by atoms with Crippen molar-refractivity contribution in [2.75, 3.05) is 44.0 Å². The number of likely N-dealkylation sites (N-methyl/N-ethyl adjacent to an activating group) is 1. The molecular formula is C39H49N5O5. The lowest BCUT2D eigenvalue weighted by molar-refractivity contribution is -0.0177. The average molecular weight is 668 g/mol. The minimum absolute atomic E-state index is 0.0446. The number of hydrogen-bond acceptors (Lipinski definition) is 7. The number of nitrogens with zero attached hydrogens (tertiary/aromatic N) is 3. The number of aromatic nitrogens is 1. The van der Waals surface area contributed by atoms with Crippen molar-refractivity contribution in [3.8, 4) is 5.75 Å². The van der Waals surface area contributed by atoms with Crippen molar-refractivity contribution in [3.05, 3.63) is 96.3 Å². The SMILES string of the molecule is C[C@@H]1CN([C@@H](C)CO)C(=O)c2cc(NC(=O)Nc3cccc4ccccc34)ccc2O[C@@H](C)CCCCO[C@H]1CN(C)Cc1ccncc1. The van der Waals surface area contributed by atoms with Crippen LogP contribution in [0.1, 0.15) is 56.0 Å². The summed E-state index contributed by atoms with van der Waals surface area (Å²) in [5.41, 5.74) is 2.62. The molecule has 1 aliphatic rings. The molecule has 2 heterocycles. The molecule has 49 heavy (non-hydrogen) atoms. The second-order valence-electron chi connectivity index (χ2n) is 13.2. The van der Waals surface area contributed by atoms with E-state index in [0.29, 0.717) is 42.4 Å². The van der Waals surface area contributed by atoms with Crippen molar-refractivity contribution >= 4 is 34.1 Å². The maximum atomic E-state index is 14.5. The van der Waals surface area contributed by atoms with Crippen molar-refractivity contribution < 1.29 is 24.2 Å². The molecule has 5 rings (SSSR count). The first kappa shape index (κ1) is 35.8. The Bertz CT molecular complexity index is 1680. The highest BCUT2D eigenvalue weighted by Crippen LogP contribution is 2.29. The summed E-state index contributed by atoms with van der Waals surface area (Å²) in [6, 6.07) is 21.9. The molecule has 0 aliphatic carbocycles. The van der Waals surface area contributed by atoms with Crippen LogP contribution in [-0.2, 0) is 11.3 Å². The fourth-order valence-corrected chi connectivity index (χ4v) is 6.25. The number of anilines is 2. The van der Waals surface area contributed by atoms with E-state index in [0.717, 1.165) is 42.1 Å². The fraction of sp³-hybridized carbons (Fsp3) is 0.410. The molecule has 0 fully saturated rings. The zero-order valence-corrected chi connectivity index (χ0v) is 29.0. The molecule has 0 saturated heterocycles. The first-order valence-corrected chi connectivity index (χ1v) is 17.2. The van der Waals surface area contributed by atoms with E-state index in [4.69, 9.17) is 9.47 Å². The smallest absolute Gasteiger partial charge is 0.323 e. The maximum Gasteiger partial charge on any atom is 0.323 e. The van der Waals surface area contributed by atoms with Crippen LogP contribution in [0.5, 0.6) is 5.75 Å². The third kappa shape index (κ3) is 9.78. The van der Waals surface area contributed by atoms with E-state index in [1.54, 1.807) is 35.5 Å². The minimum atomic E-state index is -0.463. The Morgan fingerprint density at radius 2 is 1.82 bits per heavy atom. The highest BCUT2D eigenvalue weighted by atomic mass is 16.5. The topological polar surface area (TPSA) is 116 Å². The van der Waals surface area contributed by atoms with E-state index in [2.05, 4.69) is 34.5 Å². The molecule has 10 nitrogen and oxygen atoms in total. The van der Waals surface area contributed by atoms with Gasteiger partial charge in [0.2, 0.25) is 0 Å². The molecule has 1 aliphatic heterocycles. The van der Waals surface area contributed by atoms with Crippen molar-refractivity contribution in [1.82, 2.24) is 14.8 Å². The van der Waals surface area contributed by atoms with Crippen LogP contribution in [0, 0.1) is 5.92 Å². The number of benzene rings is 3. The summed E-state index contributed by atoms with van der Waals surface area (Å²) in [6.07, 6.45) is 5.91. The predicted molar refractivity (Wildman–Crippen MR) is 194 cm³/mol. The van der Waals surface area contributed by atoms with Crippen LogP contribution in [0.25, 0.3) is 10.8 Å². The van der Waals surface area contributed by atoms with Crippen molar-refractivity contribution in [2.24, 2.45) is 5.92 Å². The van der Waals surface area contributed by atoms with Crippen LogP contribution in [0.2, 0.25) is 0 Å². The molecule has 0 bridgehead atoms. The van der Waals surface area contributed by atoms with Gasteiger partial charge in [-0.3, -0.25) is 14.7 Å². The monoisotopic (exact) mass is 667 g/mol. The molecule has 0 saturated carbocycles. The number of amides is 3. The van der Waals surface area contributed by atoms with Crippen LogP contribution in [0.3, 0.4) is 0 Å². The maximum absolute atomic E-state index is 14.5. The van der Waals surface area contributed by atoms with E-state index in [-0.39, 0.29) is 30.6 Å². The molecule has 0 spiro atoms. The Morgan fingerprint density at radius 3 is 2.61 bits per heavy atom. The number of aliphatic hydroxyl groups is 1. The van der Waals surface area contributed by atoms with Crippen molar-refractivity contribution in [1.29, 1.82) is 0 Å². The number of carbonyl (C=O) groups is 2. The summed E-state index contributed by atoms with van der Waals surface area (Å²) >= 11 is 0. The number of carbonyl (C=O) groups excluding carboxylic acids is 2. The first-order valence-electron chi connectivity index (χ1n) is 17.2. The number of urea groups is 1. The Hall–Kier alpha value is -4.51. The summed E-state index contributed by atoms with van der Waals surface area (Å²) in [4.78, 5) is 35.7. The Labute approximate surface area is 289 Å². The zero-order valence-electron chi connectivity index (χ0n) is 29.0. The number of pyridine rings is 1. The Balaban J connectivity index is 1.39. The highest BCUT2D eigenvalue weighted by Gasteiger charge is 2.30. The summed E-state index contributed by atoms with van der Waals surface area (Å²) in [5.74, 6) is 0.119. The molecule has 3 N–H and O–H groups in total. The van der Waals surface area contributed by atoms with Gasteiger partial charge in [0.15, 0.2) is 0 Å². The molecule has 0 unspecified atom stereocenters. The molecular weight excluding hydrogens is 618 g/mol. The first-order chi connectivity index (χ1) is 23.7. The van der Waals surface area contributed by atoms with Gasteiger partial charge in [0.25, 0.3) is 5.91 Å². The van der Waals surface area contributed by atoms with E-state index in [9.17, 15) is 14.7 Å². The normalized spacial score (nSPS) is 19.8. The van der Waals surface area contributed by atoms with Crippen LogP contribution in [0.15, 0.2) is 85.2 Å².